The van der Waals surface area contributed by atoms with Crippen LogP contribution in [0.1, 0.15) is 45.1 Å². The predicted molar refractivity (Wildman–Crippen MR) is 155 cm³/mol. The number of rotatable bonds is 5. The summed E-state index contributed by atoms with van der Waals surface area (Å²) in [5, 5.41) is 6.97. The number of fused-ring (bicyclic) bond motifs is 1. The average molecular weight is 536 g/mol. The molecule has 2 aliphatic rings. The summed E-state index contributed by atoms with van der Waals surface area (Å²) >= 11 is 1.43. The number of nitrogens with one attached hydrogen (secondary N) is 2. The lowest BCUT2D eigenvalue weighted by Crippen LogP contribution is -2.39. The monoisotopic (exact) mass is 535 g/mol. The summed E-state index contributed by atoms with van der Waals surface area (Å²) in [6, 6.07) is 25.0. The second kappa shape index (κ2) is 9.82. The number of para-hydroxylation sites is 2. The zero-order valence-corrected chi connectivity index (χ0v) is 22.9. The zero-order chi connectivity index (χ0) is 27.1. The van der Waals surface area contributed by atoms with Crippen molar-refractivity contribution in [3.8, 4) is 11.5 Å². The van der Waals surface area contributed by atoms with Crippen molar-refractivity contribution in [2.45, 2.75) is 39.5 Å². The molecule has 4 aromatic rings. The number of carbonyl (C=O) groups is 2. The molecule has 1 amide bonds. The van der Waals surface area contributed by atoms with Crippen LogP contribution in [0.4, 0.5) is 5.13 Å². The zero-order valence-electron chi connectivity index (χ0n) is 22.1. The van der Waals surface area contributed by atoms with Gasteiger partial charge in [-0.3, -0.25) is 14.9 Å². The van der Waals surface area contributed by atoms with Crippen molar-refractivity contribution in [2.75, 3.05) is 5.32 Å². The first-order valence-corrected chi connectivity index (χ1v) is 13.8. The van der Waals surface area contributed by atoms with Gasteiger partial charge in [-0.15, -0.1) is 0 Å². The van der Waals surface area contributed by atoms with E-state index in [0.29, 0.717) is 28.4 Å². The molecule has 7 heteroatoms. The highest BCUT2D eigenvalue weighted by atomic mass is 32.1. The number of Topliss-reactive ketones (excluding diaryl/α,β-unsaturated/α-hetero) is 1. The van der Waals surface area contributed by atoms with Gasteiger partial charge in [0.15, 0.2) is 10.9 Å². The SMILES string of the molecule is CC1=C(C(=O)Nc2nc3ccccc3s2)C(c2cccc(Oc3ccccc3)c2)C2=C(CC(C)(C)CC2=O)N1. The number of carbonyl (C=O) groups excluding carboxylic acids is 2. The number of ether oxygens (including phenoxy) is 1. The Morgan fingerprint density at radius 2 is 1.74 bits per heavy atom. The highest BCUT2D eigenvalue weighted by Gasteiger charge is 2.42. The van der Waals surface area contributed by atoms with E-state index in [2.05, 4.69) is 29.5 Å². The van der Waals surface area contributed by atoms with Gasteiger partial charge in [0.2, 0.25) is 0 Å². The fourth-order valence-corrected chi connectivity index (χ4v) is 6.40. The predicted octanol–water partition coefficient (Wildman–Crippen LogP) is 7.33. The van der Waals surface area contributed by atoms with E-state index in [0.717, 1.165) is 39.3 Å². The Bertz CT molecular complexity index is 1630. The molecule has 2 heterocycles. The minimum Gasteiger partial charge on any atom is -0.457 e. The fourth-order valence-electron chi connectivity index (χ4n) is 5.54. The van der Waals surface area contributed by atoms with E-state index < -0.39 is 5.92 Å². The molecule has 0 radical (unpaired) electrons. The maximum atomic E-state index is 13.9. The van der Waals surface area contributed by atoms with E-state index in [1.807, 2.05) is 85.8 Å². The molecule has 1 aliphatic carbocycles. The molecular weight excluding hydrogens is 506 g/mol. The minimum absolute atomic E-state index is 0.0610. The van der Waals surface area contributed by atoms with Gasteiger partial charge in [-0.25, -0.2) is 4.98 Å². The number of benzene rings is 3. The third kappa shape index (κ3) is 4.98. The molecule has 0 saturated heterocycles. The van der Waals surface area contributed by atoms with Gasteiger partial charge in [-0.2, -0.15) is 0 Å². The molecule has 1 aromatic heterocycles. The van der Waals surface area contributed by atoms with Crippen LogP contribution in [0, 0.1) is 5.41 Å². The molecule has 6 rings (SSSR count). The lowest BCUT2D eigenvalue weighted by molar-refractivity contribution is -0.118. The first kappa shape index (κ1) is 25.1. The first-order chi connectivity index (χ1) is 18.8. The molecule has 6 nitrogen and oxygen atoms in total. The number of amides is 1. The van der Waals surface area contributed by atoms with Crippen molar-refractivity contribution in [3.63, 3.8) is 0 Å². The minimum atomic E-state index is -0.529. The fraction of sp³-hybridized carbons (Fsp3) is 0.219. The Balaban J connectivity index is 1.41. The quantitative estimate of drug-likeness (QED) is 0.280. The van der Waals surface area contributed by atoms with Gasteiger partial charge in [0.05, 0.1) is 10.2 Å². The van der Waals surface area contributed by atoms with Crippen molar-refractivity contribution >= 4 is 38.4 Å². The molecule has 196 valence electrons. The van der Waals surface area contributed by atoms with E-state index in [4.69, 9.17) is 4.74 Å². The molecule has 1 unspecified atom stereocenters. The number of nitrogens with zero attached hydrogens (tertiary/aromatic N) is 1. The van der Waals surface area contributed by atoms with Crippen molar-refractivity contribution in [1.29, 1.82) is 0 Å². The summed E-state index contributed by atoms with van der Waals surface area (Å²) in [7, 11) is 0. The summed E-state index contributed by atoms with van der Waals surface area (Å²) in [4.78, 5) is 32.2. The van der Waals surface area contributed by atoms with Crippen molar-refractivity contribution < 1.29 is 14.3 Å². The largest absolute Gasteiger partial charge is 0.457 e. The van der Waals surface area contributed by atoms with Crippen molar-refractivity contribution in [1.82, 2.24) is 10.3 Å². The summed E-state index contributed by atoms with van der Waals surface area (Å²) in [5.74, 6) is 0.620. The molecule has 3 aromatic carbocycles. The number of aromatic nitrogens is 1. The van der Waals surface area contributed by atoms with Crippen LogP contribution in [0.2, 0.25) is 0 Å². The molecule has 39 heavy (non-hydrogen) atoms. The van der Waals surface area contributed by atoms with Gasteiger partial charge in [0.25, 0.3) is 5.91 Å². The van der Waals surface area contributed by atoms with Gasteiger partial charge in [-0.05, 0) is 60.7 Å². The lowest BCUT2D eigenvalue weighted by atomic mass is 9.68. The maximum absolute atomic E-state index is 13.9. The number of hydrogen-bond donors (Lipinski definition) is 2. The van der Waals surface area contributed by atoms with Crippen LogP contribution >= 0.6 is 11.3 Å². The Kier molecular flexibility index (Phi) is 6.31. The van der Waals surface area contributed by atoms with Crippen LogP contribution in [0.3, 0.4) is 0 Å². The molecule has 0 saturated carbocycles. The average Bonchev–Trinajstić information content (AvgIpc) is 3.30. The Morgan fingerprint density at radius 3 is 2.54 bits per heavy atom. The number of anilines is 1. The third-order valence-corrected chi connectivity index (χ3v) is 8.12. The number of ketones is 1. The van der Waals surface area contributed by atoms with Crippen molar-refractivity contribution in [2.24, 2.45) is 5.41 Å². The van der Waals surface area contributed by atoms with Crippen LogP contribution in [0.5, 0.6) is 11.5 Å². The van der Waals surface area contributed by atoms with Crippen LogP contribution in [-0.2, 0) is 9.59 Å². The summed E-state index contributed by atoms with van der Waals surface area (Å²) in [6.45, 7) is 6.11. The number of thiazole rings is 1. The van der Waals surface area contributed by atoms with Crippen LogP contribution in [0.25, 0.3) is 10.2 Å². The lowest BCUT2D eigenvalue weighted by Gasteiger charge is -2.39. The van der Waals surface area contributed by atoms with Crippen LogP contribution < -0.4 is 15.4 Å². The molecule has 0 bridgehead atoms. The topological polar surface area (TPSA) is 80.3 Å². The van der Waals surface area contributed by atoms with Crippen molar-refractivity contribution in [3.05, 3.63) is 107 Å². The molecule has 2 N–H and O–H groups in total. The van der Waals surface area contributed by atoms with Crippen LogP contribution in [0.15, 0.2) is 101 Å². The molecule has 1 aliphatic heterocycles. The Morgan fingerprint density at radius 1 is 1.00 bits per heavy atom. The van der Waals surface area contributed by atoms with E-state index >= 15 is 0 Å². The normalized spacial score (nSPS) is 18.5. The van der Waals surface area contributed by atoms with Gasteiger partial charge in [-0.1, -0.05) is 67.6 Å². The van der Waals surface area contributed by atoms with E-state index in [9.17, 15) is 9.59 Å². The number of dihydropyridines is 1. The summed E-state index contributed by atoms with van der Waals surface area (Å²) < 4.78 is 7.11. The smallest absolute Gasteiger partial charge is 0.256 e. The third-order valence-electron chi connectivity index (χ3n) is 7.17. The van der Waals surface area contributed by atoms with Gasteiger partial charge < -0.3 is 10.1 Å². The summed E-state index contributed by atoms with van der Waals surface area (Å²) in [5.41, 5.74) is 4.31. The Hall–Kier alpha value is -4.23. The second-order valence-corrected chi connectivity index (χ2v) is 11.9. The van der Waals surface area contributed by atoms with Crippen LogP contribution in [-0.4, -0.2) is 16.7 Å². The van der Waals surface area contributed by atoms with E-state index in [1.54, 1.807) is 0 Å². The van der Waals surface area contributed by atoms with Gasteiger partial charge in [0, 0.05) is 34.9 Å². The summed E-state index contributed by atoms with van der Waals surface area (Å²) in [6.07, 6.45) is 1.16. The first-order valence-electron chi connectivity index (χ1n) is 13.0. The Labute approximate surface area is 231 Å². The van der Waals surface area contributed by atoms with E-state index in [-0.39, 0.29) is 17.1 Å². The maximum Gasteiger partial charge on any atom is 0.256 e. The second-order valence-electron chi connectivity index (χ2n) is 10.9. The molecular formula is C32H29N3O3S. The van der Waals surface area contributed by atoms with Gasteiger partial charge in [0.1, 0.15) is 11.5 Å². The van der Waals surface area contributed by atoms with Gasteiger partial charge >= 0.3 is 0 Å². The highest BCUT2D eigenvalue weighted by molar-refractivity contribution is 7.22. The van der Waals surface area contributed by atoms with E-state index in [1.165, 1.54) is 11.3 Å². The number of allylic oxidation sites excluding steroid dienone is 3. The standard InChI is InChI=1S/C32H29N3O3S/c1-19-27(30(37)35-31-34-23-14-7-8-15-26(23)39-31)28(29-24(33-19)17-32(2,3)18-25(29)36)20-10-9-13-22(16-20)38-21-11-5-4-6-12-21/h4-16,28,33H,17-18H2,1-3H3,(H,34,35,37). The number of hydrogen-bond acceptors (Lipinski definition) is 6. The molecule has 0 fully saturated rings. The highest BCUT2D eigenvalue weighted by Crippen LogP contribution is 2.47. The molecule has 1 atom stereocenters. The molecule has 0 spiro atoms.